The van der Waals surface area contributed by atoms with Gasteiger partial charge in [-0.15, -0.1) is 0 Å². The van der Waals surface area contributed by atoms with Crippen molar-refractivity contribution in [3.05, 3.63) is 21.2 Å². The first-order valence-corrected chi connectivity index (χ1v) is 7.93. The van der Waals surface area contributed by atoms with Crippen LogP contribution < -0.4 is 10.5 Å². The van der Waals surface area contributed by atoms with Gasteiger partial charge < -0.3 is 10.5 Å². The van der Waals surface area contributed by atoms with Crippen LogP contribution >= 0.6 is 31.9 Å². The van der Waals surface area contributed by atoms with Crippen LogP contribution in [-0.2, 0) is 0 Å². The highest BCUT2D eigenvalue weighted by molar-refractivity contribution is 9.11. The third kappa shape index (κ3) is 3.68. The predicted octanol–water partition coefficient (Wildman–Crippen LogP) is 3.75. The van der Waals surface area contributed by atoms with E-state index in [-0.39, 0.29) is 0 Å². The fraction of sp³-hybridized carbons (Fsp3) is 0.615. The van der Waals surface area contributed by atoms with Crippen LogP contribution in [-0.4, -0.2) is 18.1 Å². The number of pyridine rings is 1. The first-order valence-electron chi connectivity index (χ1n) is 6.34. The number of rotatable bonds is 4. The normalized spacial score (nSPS) is 23.9. The van der Waals surface area contributed by atoms with Crippen molar-refractivity contribution in [2.45, 2.75) is 25.7 Å². The molecule has 18 heavy (non-hydrogen) atoms. The summed E-state index contributed by atoms with van der Waals surface area (Å²) in [4.78, 5) is 4.27. The highest BCUT2D eigenvalue weighted by Crippen LogP contribution is 2.31. The Morgan fingerprint density at radius 3 is 2.67 bits per heavy atom. The number of nitrogens with two attached hydrogens (primary N) is 1. The molecule has 1 aliphatic carbocycles. The zero-order valence-electron chi connectivity index (χ0n) is 10.2. The maximum absolute atomic E-state index is 5.83. The first-order chi connectivity index (χ1) is 8.70. The topological polar surface area (TPSA) is 48.1 Å². The molecule has 2 rings (SSSR count). The number of hydrogen-bond acceptors (Lipinski definition) is 3. The van der Waals surface area contributed by atoms with Gasteiger partial charge in [0.2, 0.25) is 5.88 Å². The maximum atomic E-state index is 5.83. The average Bonchev–Trinajstić information content (AvgIpc) is 2.38. The summed E-state index contributed by atoms with van der Waals surface area (Å²) in [6.45, 7) is 1.48. The van der Waals surface area contributed by atoms with Crippen LogP contribution in [0.5, 0.6) is 5.88 Å². The van der Waals surface area contributed by atoms with E-state index >= 15 is 0 Å². The minimum Gasteiger partial charge on any atom is -0.477 e. The van der Waals surface area contributed by atoms with Gasteiger partial charge in [-0.2, -0.15) is 0 Å². The molecule has 0 radical (unpaired) electrons. The molecule has 1 aromatic rings. The quantitative estimate of drug-likeness (QED) is 0.869. The van der Waals surface area contributed by atoms with Gasteiger partial charge >= 0.3 is 0 Å². The van der Waals surface area contributed by atoms with E-state index in [9.17, 15) is 0 Å². The van der Waals surface area contributed by atoms with Gasteiger partial charge in [0, 0.05) is 10.7 Å². The standard InChI is InChI=1S/C13H18Br2N2O/c14-11-5-12(15)13(17-7-11)18-8-10-4-2-1-3-9(10)6-16/h5,7,9-10H,1-4,6,8,16H2. The van der Waals surface area contributed by atoms with Gasteiger partial charge in [-0.05, 0) is 69.1 Å². The molecule has 2 unspecified atom stereocenters. The van der Waals surface area contributed by atoms with Gasteiger partial charge in [-0.25, -0.2) is 4.98 Å². The van der Waals surface area contributed by atoms with Crippen LogP contribution in [0.25, 0.3) is 0 Å². The Balaban J connectivity index is 1.93. The molecule has 0 bridgehead atoms. The Labute approximate surface area is 125 Å². The number of aromatic nitrogens is 1. The van der Waals surface area contributed by atoms with Crippen LogP contribution in [0.4, 0.5) is 0 Å². The highest BCUT2D eigenvalue weighted by atomic mass is 79.9. The van der Waals surface area contributed by atoms with Crippen molar-refractivity contribution in [2.75, 3.05) is 13.2 Å². The second-order valence-corrected chi connectivity index (χ2v) is 6.56. The average molecular weight is 378 g/mol. The van der Waals surface area contributed by atoms with E-state index in [1.165, 1.54) is 25.7 Å². The molecule has 5 heteroatoms. The van der Waals surface area contributed by atoms with E-state index < -0.39 is 0 Å². The molecule has 2 N–H and O–H groups in total. The van der Waals surface area contributed by atoms with Gasteiger partial charge in [0.25, 0.3) is 0 Å². The van der Waals surface area contributed by atoms with Crippen LogP contribution in [0.3, 0.4) is 0 Å². The summed E-state index contributed by atoms with van der Waals surface area (Å²) in [5.41, 5.74) is 5.83. The number of nitrogens with zero attached hydrogens (tertiary/aromatic N) is 1. The first kappa shape index (κ1) is 14.3. The van der Waals surface area contributed by atoms with Crippen molar-refractivity contribution in [2.24, 2.45) is 17.6 Å². The molecule has 1 fully saturated rings. The SMILES string of the molecule is NCC1CCCCC1COc1ncc(Br)cc1Br. The van der Waals surface area contributed by atoms with Crippen molar-refractivity contribution in [3.63, 3.8) is 0 Å². The van der Waals surface area contributed by atoms with Crippen LogP contribution in [0.2, 0.25) is 0 Å². The predicted molar refractivity (Wildman–Crippen MR) is 79.6 cm³/mol. The smallest absolute Gasteiger partial charge is 0.228 e. The molecule has 0 spiro atoms. The maximum Gasteiger partial charge on any atom is 0.228 e. The summed E-state index contributed by atoms with van der Waals surface area (Å²) >= 11 is 6.84. The van der Waals surface area contributed by atoms with Crippen LogP contribution in [0.15, 0.2) is 21.2 Å². The van der Waals surface area contributed by atoms with Gasteiger partial charge in [0.05, 0.1) is 11.1 Å². The lowest BCUT2D eigenvalue weighted by Crippen LogP contribution is -2.30. The third-order valence-electron chi connectivity index (χ3n) is 3.58. The van der Waals surface area contributed by atoms with E-state index in [4.69, 9.17) is 10.5 Å². The molecule has 1 heterocycles. The molecule has 0 saturated heterocycles. The number of hydrogen-bond donors (Lipinski definition) is 1. The van der Waals surface area contributed by atoms with Gasteiger partial charge in [0.1, 0.15) is 0 Å². The van der Waals surface area contributed by atoms with E-state index in [2.05, 4.69) is 36.8 Å². The Morgan fingerprint density at radius 1 is 1.28 bits per heavy atom. The summed E-state index contributed by atoms with van der Waals surface area (Å²) in [6, 6.07) is 1.95. The Hall–Kier alpha value is -0.130. The molecule has 2 atom stereocenters. The lowest BCUT2D eigenvalue weighted by atomic mass is 9.80. The fourth-order valence-electron chi connectivity index (χ4n) is 2.51. The monoisotopic (exact) mass is 376 g/mol. The highest BCUT2D eigenvalue weighted by Gasteiger charge is 2.24. The molecule has 1 aliphatic rings. The molecule has 3 nitrogen and oxygen atoms in total. The van der Waals surface area contributed by atoms with Crippen LogP contribution in [0.1, 0.15) is 25.7 Å². The number of ether oxygens (including phenoxy) is 1. The molecular weight excluding hydrogens is 360 g/mol. The lowest BCUT2D eigenvalue weighted by molar-refractivity contribution is 0.149. The van der Waals surface area contributed by atoms with Crippen molar-refractivity contribution in [3.8, 4) is 5.88 Å². The van der Waals surface area contributed by atoms with Crippen molar-refractivity contribution >= 4 is 31.9 Å². The largest absolute Gasteiger partial charge is 0.477 e. The minimum absolute atomic E-state index is 0.570. The summed E-state index contributed by atoms with van der Waals surface area (Å²) in [5, 5.41) is 0. The summed E-state index contributed by atoms with van der Waals surface area (Å²) in [7, 11) is 0. The van der Waals surface area contributed by atoms with Crippen molar-refractivity contribution < 1.29 is 4.74 Å². The van der Waals surface area contributed by atoms with Gasteiger partial charge in [0.15, 0.2) is 0 Å². The zero-order valence-corrected chi connectivity index (χ0v) is 13.4. The number of halogens is 2. The second kappa shape index (κ2) is 6.87. The van der Waals surface area contributed by atoms with E-state index in [1.807, 2.05) is 6.07 Å². The Kier molecular flexibility index (Phi) is 5.45. The summed E-state index contributed by atoms with van der Waals surface area (Å²) in [5.74, 6) is 1.84. The Bertz CT molecular complexity index is 401. The van der Waals surface area contributed by atoms with E-state index in [0.717, 1.165) is 22.1 Å². The van der Waals surface area contributed by atoms with Gasteiger partial charge in [-0.1, -0.05) is 12.8 Å². The lowest BCUT2D eigenvalue weighted by Gasteiger charge is -2.30. The zero-order chi connectivity index (χ0) is 13.0. The summed E-state index contributed by atoms with van der Waals surface area (Å²) in [6.07, 6.45) is 6.80. The molecule has 0 aromatic carbocycles. The fourth-order valence-corrected chi connectivity index (χ4v) is 3.61. The second-order valence-electron chi connectivity index (χ2n) is 4.79. The van der Waals surface area contributed by atoms with E-state index in [0.29, 0.717) is 17.7 Å². The molecule has 1 saturated carbocycles. The Morgan fingerprint density at radius 2 is 2.00 bits per heavy atom. The molecule has 100 valence electrons. The molecule has 0 aliphatic heterocycles. The van der Waals surface area contributed by atoms with E-state index in [1.54, 1.807) is 6.20 Å². The molecule has 1 aromatic heterocycles. The van der Waals surface area contributed by atoms with Crippen LogP contribution in [0, 0.1) is 11.8 Å². The molecular formula is C13H18Br2N2O. The summed E-state index contributed by atoms with van der Waals surface area (Å²) < 4.78 is 7.66. The van der Waals surface area contributed by atoms with Gasteiger partial charge in [-0.3, -0.25) is 0 Å². The minimum atomic E-state index is 0.570. The van der Waals surface area contributed by atoms with Crippen molar-refractivity contribution in [1.29, 1.82) is 0 Å². The third-order valence-corrected chi connectivity index (χ3v) is 4.58. The van der Waals surface area contributed by atoms with Crippen molar-refractivity contribution in [1.82, 2.24) is 4.98 Å². The molecule has 0 amide bonds.